The molecule has 6 heteroatoms. The highest BCUT2D eigenvalue weighted by molar-refractivity contribution is 8.18. The fraction of sp³-hybridized carbons (Fsp3) is 0. The Morgan fingerprint density at radius 1 is 0.750 bits per heavy atom. The van der Waals surface area contributed by atoms with E-state index in [4.69, 9.17) is 0 Å². The molecule has 0 N–H and O–H groups in total. The van der Waals surface area contributed by atoms with Crippen molar-refractivity contribution in [1.82, 2.24) is 0 Å². The lowest BCUT2D eigenvalue weighted by Gasteiger charge is -1.95. The molecule has 0 atom stereocenters. The molecule has 0 radical (unpaired) electrons. The molecule has 12 heavy (non-hydrogen) atoms. The first kappa shape index (κ1) is 9.57. The molecule has 2 heterocycles. The van der Waals surface area contributed by atoms with Crippen LogP contribution in [0.15, 0.2) is 23.7 Å². The van der Waals surface area contributed by atoms with E-state index in [-0.39, 0.29) is 0 Å². The second-order valence-electron chi connectivity index (χ2n) is 2.01. The topological polar surface area (TPSA) is 0 Å². The fourth-order valence-corrected chi connectivity index (χ4v) is 9.68. The van der Waals surface area contributed by atoms with Gasteiger partial charge in [-0.15, -0.1) is 0 Å². The molecule has 0 unspecified atom stereocenters. The maximum Gasteiger partial charge on any atom is 0.0192 e. The molecular weight excluding hydrogens is 258 g/mol. The Kier molecular flexibility index (Phi) is 4.02. The Morgan fingerprint density at radius 2 is 1.25 bits per heavy atom. The molecule has 0 aliphatic heterocycles. The van der Waals surface area contributed by atoms with E-state index in [9.17, 15) is 0 Å². The minimum Gasteiger partial charge on any atom is -0.0441 e. The molecule has 0 aliphatic rings. The third-order valence-electron chi connectivity index (χ3n) is 1.27. The van der Waals surface area contributed by atoms with Crippen LogP contribution in [0.2, 0.25) is 0 Å². The zero-order valence-electron chi connectivity index (χ0n) is 5.99. The van der Waals surface area contributed by atoms with Crippen LogP contribution in [0.5, 0.6) is 0 Å². The molecule has 0 aliphatic carbocycles. The first-order valence-corrected chi connectivity index (χ1v) is 11.6. The van der Waals surface area contributed by atoms with E-state index in [1.54, 1.807) is 0 Å². The fourth-order valence-electron chi connectivity index (χ4n) is 0.755. The number of hydrogen-bond acceptors (Lipinski definition) is 0. The predicted molar refractivity (Wildman–Crippen MR) is 67.0 cm³/mol. The summed E-state index contributed by atoms with van der Waals surface area (Å²) in [6.07, 6.45) is 0. The Labute approximate surface area is 81.0 Å². The monoisotopic (exact) mass is 262 g/mol. The van der Waals surface area contributed by atoms with E-state index < -0.39 is 0 Å². The quantitative estimate of drug-likeness (QED) is 0.527. The predicted octanol–water partition coefficient (Wildman–Crippen LogP) is 6.83. The molecular formula is C6H4P6. The molecule has 0 nitrogen and oxygen atoms in total. The van der Waals surface area contributed by atoms with Gasteiger partial charge in [0.1, 0.15) is 0 Å². The van der Waals surface area contributed by atoms with Gasteiger partial charge in [0.2, 0.25) is 0 Å². The van der Waals surface area contributed by atoms with Crippen molar-refractivity contribution in [2.45, 2.75) is 0 Å². The molecule has 0 fully saturated rings. The van der Waals surface area contributed by atoms with Crippen molar-refractivity contribution in [3.8, 4) is 10.6 Å². The van der Waals surface area contributed by atoms with Gasteiger partial charge >= 0.3 is 0 Å². The van der Waals surface area contributed by atoms with Gasteiger partial charge in [0, 0.05) is 10.6 Å². The second-order valence-corrected chi connectivity index (χ2v) is 11.7. The molecule has 2 aromatic rings. The van der Waals surface area contributed by atoms with Gasteiger partial charge in [0.05, 0.1) is 0 Å². The summed E-state index contributed by atoms with van der Waals surface area (Å²) in [6, 6.07) is 4.56. The van der Waals surface area contributed by atoms with E-state index in [1.165, 1.54) is 57.2 Å². The van der Waals surface area contributed by atoms with Crippen LogP contribution >= 0.6 is 46.6 Å². The molecule has 0 saturated carbocycles. The van der Waals surface area contributed by atoms with Crippen LogP contribution < -0.4 is 0 Å². The zero-order chi connectivity index (χ0) is 8.23. The van der Waals surface area contributed by atoms with E-state index in [0.717, 1.165) is 0 Å². The first-order chi connectivity index (χ1) is 5.97. The molecule has 0 saturated heterocycles. The standard InChI is InChI=1S/C6H4P6/c1-3-7-11-9-5(1)6-2-4-8-12-10-6/h1-4H. The summed E-state index contributed by atoms with van der Waals surface area (Å²) in [7, 11) is 8.88. The van der Waals surface area contributed by atoms with Crippen molar-refractivity contribution in [2.75, 3.05) is 0 Å². The third-order valence-corrected chi connectivity index (χ3v) is 10.3. The van der Waals surface area contributed by atoms with Crippen molar-refractivity contribution in [3.63, 3.8) is 0 Å². The molecule has 0 spiro atoms. The summed E-state index contributed by atoms with van der Waals surface area (Å²) in [5.41, 5.74) is 0. The minimum atomic E-state index is 1.45. The van der Waals surface area contributed by atoms with Crippen molar-refractivity contribution in [2.24, 2.45) is 0 Å². The van der Waals surface area contributed by atoms with Gasteiger partial charge in [-0.05, 0) is 70.3 Å². The lowest BCUT2D eigenvalue weighted by atomic mass is 10.4. The van der Waals surface area contributed by atoms with Crippen molar-refractivity contribution >= 4 is 46.6 Å². The molecule has 2 rings (SSSR count). The largest absolute Gasteiger partial charge is 0.0441 e. The molecule has 0 amide bonds. The average Bonchev–Trinajstić information content (AvgIpc) is 2.21. The molecule has 58 valence electrons. The van der Waals surface area contributed by atoms with E-state index >= 15 is 0 Å². The van der Waals surface area contributed by atoms with Crippen molar-refractivity contribution < 1.29 is 0 Å². The summed E-state index contributed by atoms with van der Waals surface area (Å²) in [5, 5.41) is 3.05. The van der Waals surface area contributed by atoms with Crippen molar-refractivity contribution in [1.29, 1.82) is 0 Å². The van der Waals surface area contributed by atoms with Crippen LogP contribution in [-0.2, 0) is 0 Å². The van der Waals surface area contributed by atoms with Crippen LogP contribution in [0, 0.1) is 0 Å². The van der Waals surface area contributed by atoms with Gasteiger partial charge in [0.25, 0.3) is 0 Å². The van der Waals surface area contributed by atoms with Crippen LogP contribution in [0.25, 0.3) is 10.6 Å². The number of rotatable bonds is 1. The van der Waals surface area contributed by atoms with Crippen LogP contribution in [0.4, 0.5) is 0 Å². The van der Waals surface area contributed by atoms with E-state index in [2.05, 4.69) is 23.7 Å². The van der Waals surface area contributed by atoms with Gasteiger partial charge in [-0.25, -0.2) is 0 Å². The van der Waals surface area contributed by atoms with E-state index in [0.29, 0.717) is 0 Å². The zero-order valence-corrected chi connectivity index (χ0v) is 11.4. The maximum atomic E-state index is 2.28. The van der Waals surface area contributed by atoms with Crippen LogP contribution in [-0.4, -0.2) is 0 Å². The van der Waals surface area contributed by atoms with Gasteiger partial charge in [-0.2, -0.15) is 0 Å². The highest BCUT2D eigenvalue weighted by atomic mass is 32.1. The summed E-state index contributed by atoms with van der Waals surface area (Å²) in [5.74, 6) is 4.51. The third kappa shape index (κ3) is 2.50. The summed E-state index contributed by atoms with van der Waals surface area (Å²) in [4.78, 5) is 0. The lowest BCUT2D eigenvalue weighted by molar-refractivity contribution is 1.97. The summed E-state index contributed by atoms with van der Waals surface area (Å²) < 4.78 is 0. The normalized spacial score (nSPS) is 13.7. The molecule has 2 aromatic heterocycles. The van der Waals surface area contributed by atoms with Gasteiger partial charge in [-0.3, -0.25) is 0 Å². The smallest absolute Gasteiger partial charge is 0.0192 e. The Bertz CT molecular complexity index is 309. The Balaban J connectivity index is 2.46. The highest BCUT2D eigenvalue weighted by Gasteiger charge is 1.94. The maximum absolute atomic E-state index is 2.28. The summed E-state index contributed by atoms with van der Waals surface area (Å²) in [6.45, 7) is 0. The molecule has 0 aromatic carbocycles. The van der Waals surface area contributed by atoms with E-state index in [1.807, 2.05) is 0 Å². The minimum absolute atomic E-state index is 1.45. The van der Waals surface area contributed by atoms with Crippen LogP contribution in [0.1, 0.15) is 0 Å². The first-order valence-electron chi connectivity index (χ1n) is 3.26. The van der Waals surface area contributed by atoms with Gasteiger partial charge < -0.3 is 0 Å². The average molecular weight is 262 g/mol. The summed E-state index contributed by atoms with van der Waals surface area (Å²) >= 11 is 0. The van der Waals surface area contributed by atoms with Crippen molar-refractivity contribution in [3.05, 3.63) is 23.7 Å². The van der Waals surface area contributed by atoms with Crippen LogP contribution in [0.3, 0.4) is 0 Å². The molecule has 0 bridgehead atoms. The SMILES string of the molecule is c1cc(-c2ccppp2)ppp1. The van der Waals surface area contributed by atoms with Gasteiger partial charge in [-0.1, -0.05) is 0 Å². The highest BCUT2D eigenvalue weighted by Crippen LogP contribution is 2.45. The second kappa shape index (κ2) is 5.04. The Morgan fingerprint density at radius 3 is 1.58 bits per heavy atom. The van der Waals surface area contributed by atoms with Gasteiger partial charge in [0.15, 0.2) is 0 Å². The Hall–Kier alpha value is 1.02. The number of hydrogen-bond donors (Lipinski definition) is 0. The lowest BCUT2D eigenvalue weighted by Crippen LogP contribution is -1.59.